The van der Waals surface area contributed by atoms with E-state index in [1.54, 1.807) is 11.0 Å². The molecule has 2 aliphatic heterocycles. The van der Waals surface area contributed by atoms with Gasteiger partial charge in [0.05, 0.1) is 0 Å². The van der Waals surface area contributed by atoms with E-state index in [4.69, 9.17) is 14.2 Å². The first-order chi connectivity index (χ1) is 11.6. The van der Waals surface area contributed by atoms with Gasteiger partial charge >= 0.3 is 5.97 Å². The molecule has 6 nitrogen and oxygen atoms in total. The van der Waals surface area contributed by atoms with Crippen LogP contribution < -0.4 is 14.4 Å². The van der Waals surface area contributed by atoms with Crippen LogP contribution in [0.1, 0.15) is 18.5 Å². The van der Waals surface area contributed by atoms with E-state index in [1.807, 2.05) is 42.5 Å². The molecule has 0 aromatic heterocycles. The second kappa shape index (κ2) is 5.56. The molecule has 0 aliphatic carbocycles. The first-order valence-corrected chi connectivity index (χ1v) is 7.60. The second-order valence-electron chi connectivity index (χ2n) is 5.63. The number of nitrogens with zero attached hydrogens (tertiary/aromatic N) is 1. The van der Waals surface area contributed by atoms with Crippen LogP contribution in [0.25, 0.3) is 0 Å². The molecule has 24 heavy (non-hydrogen) atoms. The van der Waals surface area contributed by atoms with Crippen molar-refractivity contribution in [2.75, 3.05) is 11.7 Å². The maximum atomic E-state index is 12.5. The molecule has 1 amide bonds. The Bertz CT molecular complexity index is 804. The monoisotopic (exact) mass is 325 g/mol. The topological polar surface area (TPSA) is 65.1 Å². The molecule has 2 aromatic carbocycles. The van der Waals surface area contributed by atoms with Crippen LogP contribution in [-0.2, 0) is 14.3 Å². The molecule has 122 valence electrons. The standard InChI is InChI=1S/C18H15NO5/c1-11(20)24-17-16(12-7-8-14-15(9-12)23-10-22-14)19(18(17)21)13-5-3-2-4-6-13/h2-9,16-17H,10H2,1H3/t16-,17-/m0/s1. The normalized spacial score (nSPS) is 21.4. The van der Waals surface area contributed by atoms with Crippen LogP contribution in [0.4, 0.5) is 5.69 Å². The highest BCUT2D eigenvalue weighted by Crippen LogP contribution is 2.43. The Morgan fingerprint density at radius 2 is 1.88 bits per heavy atom. The molecule has 1 fully saturated rings. The lowest BCUT2D eigenvalue weighted by Crippen LogP contribution is -2.60. The van der Waals surface area contributed by atoms with Crippen molar-refractivity contribution in [3.63, 3.8) is 0 Å². The van der Waals surface area contributed by atoms with E-state index in [2.05, 4.69) is 0 Å². The summed E-state index contributed by atoms with van der Waals surface area (Å²) in [5.74, 6) is 0.576. The molecule has 2 heterocycles. The Kier molecular flexibility index (Phi) is 3.37. The zero-order chi connectivity index (χ0) is 16.7. The number of ether oxygens (including phenoxy) is 3. The number of hydrogen-bond donors (Lipinski definition) is 0. The zero-order valence-electron chi connectivity index (χ0n) is 13.0. The highest BCUT2D eigenvalue weighted by Gasteiger charge is 2.51. The average Bonchev–Trinajstić information content (AvgIpc) is 3.05. The number of para-hydroxylation sites is 1. The fraction of sp³-hybridized carbons (Fsp3) is 0.222. The van der Waals surface area contributed by atoms with E-state index >= 15 is 0 Å². The van der Waals surface area contributed by atoms with E-state index in [0.717, 1.165) is 11.3 Å². The van der Waals surface area contributed by atoms with Crippen LogP contribution in [-0.4, -0.2) is 24.8 Å². The van der Waals surface area contributed by atoms with Gasteiger partial charge in [0.1, 0.15) is 6.04 Å². The van der Waals surface area contributed by atoms with Crippen molar-refractivity contribution >= 4 is 17.6 Å². The summed E-state index contributed by atoms with van der Waals surface area (Å²) in [5.41, 5.74) is 1.59. The van der Waals surface area contributed by atoms with Gasteiger partial charge in [0.25, 0.3) is 5.91 Å². The minimum Gasteiger partial charge on any atom is -0.454 e. The highest BCUT2D eigenvalue weighted by atomic mass is 16.7. The number of amides is 1. The summed E-state index contributed by atoms with van der Waals surface area (Å²) >= 11 is 0. The number of carbonyl (C=O) groups excluding carboxylic acids is 2. The van der Waals surface area contributed by atoms with Gasteiger partial charge in [0.15, 0.2) is 11.5 Å². The number of esters is 1. The first kappa shape index (κ1) is 14.6. The molecule has 2 aromatic rings. The largest absolute Gasteiger partial charge is 0.454 e. The van der Waals surface area contributed by atoms with Gasteiger partial charge in [-0.2, -0.15) is 0 Å². The first-order valence-electron chi connectivity index (χ1n) is 7.60. The lowest BCUT2D eigenvalue weighted by Gasteiger charge is -2.46. The SMILES string of the molecule is CC(=O)O[C@@H]1C(=O)N(c2ccccc2)[C@H]1c1ccc2c(c1)OCO2. The summed E-state index contributed by atoms with van der Waals surface area (Å²) in [6.07, 6.45) is -0.830. The van der Waals surface area contributed by atoms with Crippen molar-refractivity contribution in [3.8, 4) is 11.5 Å². The maximum Gasteiger partial charge on any atom is 0.303 e. The summed E-state index contributed by atoms with van der Waals surface area (Å²) in [6, 6.07) is 14.4. The van der Waals surface area contributed by atoms with Crippen molar-refractivity contribution in [2.24, 2.45) is 0 Å². The van der Waals surface area contributed by atoms with Crippen LogP contribution in [0.5, 0.6) is 11.5 Å². The van der Waals surface area contributed by atoms with Gasteiger partial charge in [-0.1, -0.05) is 24.3 Å². The third kappa shape index (κ3) is 2.27. The van der Waals surface area contributed by atoms with Gasteiger partial charge < -0.3 is 14.2 Å². The lowest BCUT2D eigenvalue weighted by molar-refractivity contribution is -0.160. The van der Waals surface area contributed by atoms with E-state index in [0.29, 0.717) is 11.5 Å². The summed E-state index contributed by atoms with van der Waals surface area (Å²) in [5, 5.41) is 0. The van der Waals surface area contributed by atoms with Crippen LogP contribution >= 0.6 is 0 Å². The Morgan fingerprint density at radius 3 is 2.62 bits per heavy atom. The summed E-state index contributed by atoms with van der Waals surface area (Å²) < 4.78 is 16.0. The minimum absolute atomic E-state index is 0.179. The molecule has 1 saturated heterocycles. The van der Waals surface area contributed by atoms with Crippen molar-refractivity contribution in [1.82, 2.24) is 0 Å². The van der Waals surface area contributed by atoms with Gasteiger partial charge in [-0.25, -0.2) is 0 Å². The molecular formula is C18H15NO5. The molecule has 0 saturated carbocycles. The predicted molar refractivity (Wildman–Crippen MR) is 84.8 cm³/mol. The third-order valence-corrected chi connectivity index (χ3v) is 4.11. The predicted octanol–water partition coefficient (Wildman–Crippen LogP) is 2.43. The Balaban J connectivity index is 1.72. The second-order valence-corrected chi connectivity index (χ2v) is 5.63. The molecule has 0 spiro atoms. The van der Waals surface area contributed by atoms with Gasteiger partial charge in [-0.3, -0.25) is 14.5 Å². The molecule has 0 radical (unpaired) electrons. The van der Waals surface area contributed by atoms with E-state index in [1.165, 1.54) is 6.92 Å². The molecule has 2 aliphatic rings. The quantitative estimate of drug-likeness (QED) is 0.640. The van der Waals surface area contributed by atoms with Crippen LogP contribution in [0.15, 0.2) is 48.5 Å². The minimum atomic E-state index is -0.830. The number of carbonyl (C=O) groups is 2. The van der Waals surface area contributed by atoms with Crippen molar-refractivity contribution in [3.05, 3.63) is 54.1 Å². The Labute approximate surface area is 138 Å². The molecule has 0 bridgehead atoms. The third-order valence-electron chi connectivity index (χ3n) is 4.11. The van der Waals surface area contributed by atoms with Gasteiger partial charge in [0, 0.05) is 12.6 Å². The fourth-order valence-electron chi connectivity index (χ4n) is 3.05. The molecule has 4 rings (SSSR count). The lowest BCUT2D eigenvalue weighted by atomic mass is 9.89. The van der Waals surface area contributed by atoms with Crippen LogP contribution in [0.2, 0.25) is 0 Å². The number of benzene rings is 2. The van der Waals surface area contributed by atoms with Gasteiger partial charge in [-0.15, -0.1) is 0 Å². The van der Waals surface area contributed by atoms with Crippen LogP contribution in [0.3, 0.4) is 0 Å². The maximum absolute atomic E-state index is 12.5. The highest BCUT2D eigenvalue weighted by molar-refractivity contribution is 6.06. The number of fused-ring (bicyclic) bond motifs is 1. The van der Waals surface area contributed by atoms with Crippen molar-refractivity contribution in [1.29, 1.82) is 0 Å². The van der Waals surface area contributed by atoms with E-state index < -0.39 is 18.1 Å². The molecular weight excluding hydrogens is 310 g/mol. The van der Waals surface area contributed by atoms with Gasteiger partial charge in [0.2, 0.25) is 12.9 Å². The number of β-lactam (4-membered cyclic amide) rings is 1. The van der Waals surface area contributed by atoms with Crippen molar-refractivity contribution in [2.45, 2.75) is 19.1 Å². The summed E-state index contributed by atoms with van der Waals surface area (Å²) in [7, 11) is 0. The molecule has 2 atom stereocenters. The van der Waals surface area contributed by atoms with Crippen LogP contribution in [0, 0.1) is 0 Å². The van der Waals surface area contributed by atoms with Crippen molar-refractivity contribution < 1.29 is 23.8 Å². The fourth-order valence-corrected chi connectivity index (χ4v) is 3.05. The average molecular weight is 325 g/mol. The smallest absolute Gasteiger partial charge is 0.303 e. The molecule has 0 unspecified atom stereocenters. The van der Waals surface area contributed by atoms with E-state index in [-0.39, 0.29) is 12.7 Å². The van der Waals surface area contributed by atoms with E-state index in [9.17, 15) is 9.59 Å². The number of hydrogen-bond acceptors (Lipinski definition) is 5. The Morgan fingerprint density at radius 1 is 1.12 bits per heavy atom. The number of anilines is 1. The zero-order valence-corrected chi connectivity index (χ0v) is 13.0. The Hall–Kier alpha value is -3.02. The molecule has 6 heteroatoms. The summed E-state index contributed by atoms with van der Waals surface area (Å²) in [6.45, 7) is 1.48. The van der Waals surface area contributed by atoms with Gasteiger partial charge in [-0.05, 0) is 29.8 Å². The number of rotatable bonds is 3. The molecule has 0 N–H and O–H groups in total. The summed E-state index contributed by atoms with van der Waals surface area (Å²) in [4.78, 5) is 25.5.